The third-order valence-electron chi connectivity index (χ3n) is 6.45. The minimum atomic E-state index is 0.685. The van der Waals surface area contributed by atoms with Crippen molar-refractivity contribution >= 4 is 0 Å². The first-order chi connectivity index (χ1) is 15.1. The largest absolute Gasteiger partial charge is 0.488 e. The van der Waals surface area contributed by atoms with Crippen LogP contribution in [0.15, 0.2) is 24.3 Å². The van der Waals surface area contributed by atoms with Gasteiger partial charge in [-0.2, -0.15) is 0 Å². The summed E-state index contributed by atoms with van der Waals surface area (Å²) in [6, 6.07) is 8.09. The summed E-state index contributed by atoms with van der Waals surface area (Å²) in [6.07, 6.45) is 1.22. The molecule has 1 aromatic rings. The molecule has 0 spiro atoms. The number of benzene rings is 1. The molecule has 0 saturated carbocycles. The molecule has 2 heterocycles. The van der Waals surface area contributed by atoms with Gasteiger partial charge in [-0.3, -0.25) is 9.80 Å². The molecule has 1 aromatic carbocycles. The van der Waals surface area contributed by atoms with Gasteiger partial charge in [0, 0.05) is 65.4 Å². The molecule has 0 amide bonds. The zero-order valence-electron chi connectivity index (χ0n) is 20.0. The Morgan fingerprint density at radius 3 is 1.32 bits per heavy atom. The highest BCUT2D eigenvalue weighted by molar-refractivity contribution is 5.39. The van der Waals surface area contributed by atoms with E-state index in [9.17, 15) is 0 Å². The van der Waals surface area contributed by atoms with Crippen LogP contribution in [-0.4, -0.2) is 137 Å². The van der Waals surface area contributed by atoms with Crippen LogP contribution < -0.4 is 9.47 Å². The van der Waals surface area contributed by atoms with Crippen molar-refractivity contribution in [2.45, 2.75) is 6.42 Å². The summed E-state index contributed by atoms with van der Waals surface area (Å²) in [6.45, 7) is 14.2. The van der Waals surface area contributed by atoms with E-state index in [1.54, 1.807) is 0 Å². The Labute approximate surface area is 189 Å². The van der Waals surface area contributed by atoms with Gasteiger partial charge in [0.05, 0.1) is 0 Å². The van der Waals surface area contributed by atoms with Crippen LogP contribution in [-0.2, 0) is 0 Å². The smallest absolute Gasteiger partial charge is 0.161 e. The third kappa shape index (κ3) is 8.94. The quantitative estimate of drug-likeness (QED) is 0.570. The van der Waals surface area contributed by atoms with Gasteiger partial charge in [0.2, 0.25) is 0 Å². The summed E-state index contributed by atoms with van der Waals surface area (Å²) < 4.78 is 12.3. The van der Waals surface area contributed by atoms with Crippen molar-refractivity contribution in [3.8, 4) is 11.5 Å². The van der Waals surface area contributed by atoms with Gasteiger partial charge in [-0.1, -0.05) is 12.1 Å². The molecule has 176 valence electrons. The van der Waals surface area contributed by atoms with Gasteiger partial charge in [0.15, 0.2) is 11.5 Å². The average Bonchev–Trinajstić information content (AvgIpc) is 2.77. The maximum atomic E-state index is 6.16. The predicted octanol–water partition coefficient (Wildman–Crippen LogP) is 1.26. The molecule has 0 radical (unpaired) electrons. The normalized spacial score (nSPS) is 27.3. The van der Waals surface area contributed by atoms with Gasteiger partial charge in [-0.25, -0.2) is 0 Å². The van der Waals surface area contributed by atoms with Gasteiger partial charge in [-0.15, -0.1) is 0 Å². The van der Waals surface area contributed by atoms with E-state index < -0.39 is 0 Å². The number of fused-ring (bicyclic) bond motifs is 7. The first kappa shape index (κ1) is 24.3. The highest BCUT2D eigenvalue weighted by Gasteiger charge is 2.14. The molecule has 7 nitrogen and oxygen atoms in total. The van der Waals surface area contributed by atoms with E-state index in [1.807, 2.05) is 24.3 Å². The fourth-order valence-corrected chi connectivity index (χ4v) is 4.12. The summed E-state index contributed by atoms with van der Waals surface area (Å²) in [7, 11) is 6.75. The lowest BCUT2D eigenvalue weighted by molar-refractivity contribution is 0.150. The fraction of sp³-hybridized carbons (Fsp3) is 0.750. The van der Waals surface area contributed by atoms with Crippen molar-refractivity contribution in [1.82, 2.24) is 24.5 Å². The van der Waals surface area contributed by atoms with Crippen LogP contribution in [0.2, 0.25) is 0 Å². The molecular formula is C24H43N5O2. The SMILES string of the molecule is CN1CCCN(C)CCN2CCOc3ccccc3OCCN(CC1)CCN(C)CC2. The van der Waals surface area contributed by atoms with Crippen molar-refractivity contribution < 1.29 is 9.47 Å². The van der Waals surface area contributed by atoms with E-state index in [4.69, 9.17) is 9.47 Å². The second-order valence-corrected chi connectivity index (χ2v) is 9.09. The molecular weight excluding hydrogens is 390 g/mol. The Morgan fingerprint density at radius 1 is 0.516 bits per heavy atom. The average molecular weight is 434 g/mol. The van der Waals surface area contributed by atoms with E-state index in [1.165, 1.54) is 6.42 Å². The lowest BCUT2D eigenvalue weighted by Crippen LogP contribution is -2.43. The van der Waals surface area contributed by atoms with Crippen LogP contribution in [0.25, 0.3) is 0 Å². The van der Waals surface area contributed by atoms with Crippen molar-refractivity contribution in [2.24, 2.45) is 0 Å². The number of likely N-dealkylation sites (N-methyl/N-ethyl adjacent to an activating group) is 3. The van der Waals surface area contributed by atoms with Crippen LogP contribution in [0.4, 0.5) is 0 Å². The molecule has 2 bridgehead atoms. The maximum absolute atomic E-state index is 6.16. The third-order valence-corrected chi connectivity index (χ3v) is 6.45. The van der Waals surface area contributed by atoms with E-state index in [2.05, 4.69) is 45.6 Å². The number of para-hydroxylation sites is 2. The molecule has 31 heavy (non-hydrogen) atoms. The van der Waals surface area contributed by atoms with E-state index in [0.29, 0.717) is 13.2 Å². The van der Waals surface area contributed by atoms with Crippen molar-refractivity contribution in [3.63, 3.8) is 0 Å². The fourth-order valence-electron chi connectivity index (χ4n) is 4.12. The molecule has 7 heteroatoms. The molecule has 0 aromatic heterocycles. The summed E-state index contributed by atoms with van der Waals surface area (Å²) in [5.41, 5.74) is 0. The van der Waals surface area contributed by atoms with Crippen molar-refractivity contribution in [3.05, 3.63) is 24.3 Å². The van der Waals surface area contributed by atoms with Crippen LogP contribution in [0, 0.1) is 0 Å². The highest BCUT2D eigenvalue weighted by Crippen LogP contribution is 2.26. The molecule has 0 aliphatic carbocycles. The molecule has 2 aliphatic rings. The Balaban J connectivity index is 1.75. The number of rotatable bonds is 0. The van der Waals surface area contributed by atoms with Crippen LogP contribution >= 0.6 is 0 Å². The monoisotopic (exact) mass is 433 g/mol. The standard InChI is InChI=1S/C24H43N5O2/c1-25-9-6-10-26(2)12-16-29-18-14-27(3)13-17-28(15-11-25)19-21-30-23-7-4-5-8-24(23)31-22-20-29/h4-5,7-8H,6,9-22H2,1-3H3. The molecule has 1 fully saturated rings. The summed E-state index contributed by atoms with van der Waals surface area (Å²) >= 11 is 0. The van der Waals surface area contributed by atoms with Gasteiger partial charge >= 0.3 is 0 Å². The van der Waals surface area contributed by atoms with Crippen molar-refractivity contribution in [2.75, 3.05) is 113 Å². The second-order valence-electron chi connectivity index (χ2n) is 9.09. The first-order valence-corrected chi connectivity index (χ1v) is 11.9. The number of hydrogen-bond donors (Lipinski definition) is 0. The molecule has 2 aliphatic heterocycles. The van der Waals surface area contributed by atoms with E-state index in [0.717, 1.165) is 90.0 Å². The molecule has 0 N–H and O–H groups in total. The van der Waals surface area contributed by atoms with Crippen LogP contribution in [0.1, 0.15) is 6.42 Å². The minimum absolute atomic E-state index is 0.685. The molecule has 2 unspecified atom stereocenters. The molecule has 2 atom stereocenters. The van der Waals surface area contributed by atoms with E-state index >= 15 is 0 Å². The Kier molecular flexibility index (Phi) is 10.4. The minimum Gasteiger partial charge on any atom is -0.488 e. The van der Waals surface area contributed by atoms with Crippen LogP contribution in [0.5, 0.6) is 11.5 Å². The van der Waals surface area contributed by atoms with Crippen molar-refractivity contribution in [1.29, 1.82) is 0 Å². The van der Waals surface area contributed by atoms with Gasteiger partial charge < -0.3 is 24.2 Å². The molecule has 3 rings (SSSR count). The second kappa shape index (κ2) is 13.2. The maximum Gasteiger partial charge on any atom is 0.161 e. The van der Waals surface area contributed by atoms with E-state index in [-0.39, 0.29) is 0 Å². The number of ether oxygens (including phenoxy) is 2. The van der Waals surface area contributed by atoms with Gasteiger partial charge in [0.25, 0.3) is 0 Å². The van der Waals surface area contributed by atoms with Crippen LogP contribution in [0.3, 0.4) is 0 Å². The Morgan fingerprint density at radius 2 is 0.903 bits per heavy atom. The number of hydrogen-bond acceptors (Lipinski definition) is 7. The zero-order valence-corrected chi connectivity index (χ0v) is 20.0. The highest BCUT2D eigenvalue weighted by atomic mass is 16.5. The van der Waals surface area contributed by atoms with Gasteiger partial charge in [-0.05, 0) is 52.8 Å². The predicted molar refractivity (Wildman–Crippen MR) is 127 cm³/mol. The first-order valence-electron chi connectivity index (χ1n) is 11.9. The topological polar surface area (TPSA) is 34.7 Å². The molecule has 1 saturated heterocycles. The summed E-state index contributed by atoms with van der Waals surface area (Å²) in [5, 5.41) is 0. The summed E-state index contributed by atoms with van der Waals surface area (Å²) in [4.78, 5) is 12.5. The lowest BCUT2D eigenvalue weighted by Gasteiger charge is -2.30. The Hall–Kier alpha value is -1.38. The van der Waals surface area contributed by atoms with Gasteiger partial charge in [0.1, 0.15) is 13.2 Å². The lowest BCUT2D eigenvalue weighted by atomic mass is 10.3. The summed E-state index contributed by atoms with van der Waals surface area (Å²) in [5.74, 6) is 1.71. The Bertz CT molecular complexity index is 581. The number of nitrogens with zero attached hydrogens (tertiary/aromatic N) is 5. The zero-order chi connectivity index (χ0) is 21.9.